The third-order valence-electron chi connectivity index (χ3n) is 2.38. The minimum absolute atomic E-state index is 0.0847. The van der Waals surface area contributed by atoms with Crippen LogP contribution in [0.2, 0.25) is 10.2 Å². The maximum Gasteiger partial charge on any atom is 0.171 e. The molecule has 88 valence electrons. The van der Waals surface area contributed by atoms with Crippen LogP contribution in [0.1, 0.15) is 18.5 Å². The summed E-state index contributed by atoms with van der Waals surface area (Å²) in [6.45, 7) is 2.02. The smallest absolute Gasteiger partial charge is 0.171 e. The van der Waals surface area contributed by atoms with Crippen molar-refractivity contribution in [3.8, 4) is 0 Å². The number of hydrogen-bond acceptors (Lipinski definition) is 3. The SMILES string of the molecule is C[C@H](Nc1nccnc1Cl)c1ccc(Cl)cc1. The van der Waals surface area contributed by atoms with Crippen molar-refractivity contribution in [3.05, 3.63) is 52.4 Å². The molecule has 1 aromatic carbocycles. The molecule has 0 spiro atoms. The van der Waals surface area contributed by atoms with Crippen molar-refractivity contribution in [1.82, 2.24) is 9.97 Å². The van der Waals surface area contributed by atoms with Crippen LogP contribution in [0.25, 0.3) is 0 Å². The van der Waals surface area contributed by atoms with Gasteiger partial charge in [-0.15, -0.1) is 0 Å². The maximum absolute atomic E-state index is 5.92. The number of benzene rings is 1. The van der Waals surface area contributed by atoms with Crippen LogP contribution < -0.4 is 5.32 Å². The van der Waals surface area contributed by atoms with Crippen LogP contribution in [0.3, 0.4) is 0 Å². The lowest BCUT2D eigenvalue weighted by molar-refractivity contribution is 0.871. The van der Waals surface area contributed by atoms with Crippen LogP contribution in [0.4, 0.5) is 5.82 Å². The third kappa shape index (κ3) is 3.08. The van der Waals surface area contributed by atoms with Gasteiger partial charge in [-0.05, 0) is 24.6 Å². The first-order chi connectivity index (χ1) is 8.16. The summed E-state index contributed by atoms with van der Waals surface area (Å²) in [4.78, 5) is 8.09. The molecule has 0 bridgehead atoms. The van der Waals surface area contributed by atoms with Gasteiger partial charge in [-0.1, -0.05) is 35.3 Å². The number of hydrogen-bond donors (Lipinski definition) is 1. The van der Waals surface area contributed by atoms with Gasteiger partial charge in [0.25, 0.3) is 0 Å². The Morgan fingerprint density at radius 3 is 2.35 bits per heavy atom. The Hall–Kier alpha value is -1.32. The Bertz CT molecular complexity index is 499. The first-order valence-electron chi connectivity index (χ1n) is 5.15. The van der Waals surface area contributed by atoms with Gasteiger partial charge in [0, 0.05) is 17.4 Å². The normalized spacial score (nSPS) is 12.2. The second-order valence-corrected chi connectivity index (χ2v) is 4.41. The fourth-order valence-corrected chi connectivity index (χ4v) is 1.74. The number of halogens is 2. The summed E-state index contributed by atoms with van der Waals surface area (Å²) in [5.74, 6) is 0.580. The molecule has 0 unspecified atom stereocenters. The summed E-state index contributed by atoms with van der Waals surface area (Å²) < 4.78 is 0. The highest BCUT2D eigenvalue weighted by Gasteiger charge is 2.08. The maximum atomic E-state index is 5.92. The van der Waals surface area contributed by atoms with Gasteiger partial charge in [-0.2, -0.15) is 0 Å². The van der Waals surface area contributed by atoms with Crippen molar-refractivity contribution in [2.75, 3.05) is 5.32 Å². The van der Waals surface area contributed by atoms with Gasteiger partial charge in [0.1, 0.15) is 0 Å². The third-order valence-corrected chi connectivity index (χ3v) is 2.91. The Kier molecular flexibility index (Phi) is 3.82. The van der Waals surface area contributed by atoms with E-state index in [1.54, 1.807) is 12.4 Å². The number of nitrogens with one attached hydrogen (secondary N) is 1. The van der Waals surface area contributed by atoms with E-state index in [1.807, 2.05) is 31.2 Å². The lowest BCUT2D eigenvalue weighted by Crippen LogP contribution is -2.08. The van der Waals surface area contributed by atoms with E-state index in [0.29, 0.717) is 11.0 Å². The molecule has 1 heterocycles. The molecule has 5 heteroatoms. The molecule has 2 rings (SSSR count). The van der Waals surface area contributed by atoms with Gasteiger partial charge in [0.15, 0.2) is 11.0 Å². The lowest BCUT2D eigenvalue weighted by Gasteiger charge is -2.15. The predicted molar refractivity (Wildman–Crippen MR) is 70.5 cm³/mol. The highest BCUT2D eigenvalue weighted by Crippen LogP contribution is 2.22. The van der Waals surface area contributed by atoms with Crippen molar-refractivity contribution in [2.24, 2.45) is 0 Å². The van der Waals surface area contributed by atoms with Crippen molar-refractivity contribution in [3.63, 3.8) is 0 Å². The number of anilines is 1. The van der Waals surface area contributed by atoms with E-state index in [1.165, 1.54) is 0 Å². The van der Waals surface area contributed by atoms with E-state index < -0.39 is 0 Å². The Labute approximate surface area is 110 Å². The molecule has 3 nitrogen and oxygen atoms in total. The zero-order chi connectivity index (χ0) is 12.3. The van der Waals surface area contributed by atoms with E-state index in [0.717, 1.165) is 10.6 Å². The predicted octanol–water partition coefficient (Wildman–Crippen LogP) is 3.96. The van der Waals surface area contributed by atoms with Crippen molar-refractivity contribution in [1.29, 1.82) is 0 Å². The van der Waals surface area contributed by atoms with Gasteiger partial charge >= 0.3 is 0 Å². The summed E-state index contributed by atoms with van der Waals surface area (Å²) >= 11 is 11.8. The monoisotopic (exact) mass is 267 g/mol. The first-order valence-corrected chi connectivity index (χ1v) is 5.91. The Morgan fingerprint density at radius 2 is 1.71 bits per heavy atom. The summed E-state index contributed by atoms with van der Waals surface area (Å²) in [6.07, 6.45) is 3.16. The standard InChI is InChI=1S/C12H11Cl2N3/c1-8(9-2-4-10(13)5-3-9)17-12-11(14)15-6-7-16-12/h2-8H,1H3,(H,16,17)/t8-/m0/s1. The lowest BCUT2D eigenvalue weighted by atomic mass is 10.1. The largest absolute Gasteiger partial charge is 0.361 e. The summed E-state index contributed by atoms with van der Waals surface area (Å²) in [7, 11) is 0. The van der Waals surface area contributed by atoms with Crippen LogP contribution in [0.15, 0.2) is 36.7 Å². The van der Waals surface area contributed by atoms with Crippen LogP contribution >= 0.6 is 23.2 Å². The van der Waals surface area contributed by atoms with Crippen molar-refractivity contribution >= 4 is 29.0 Å². The molecule has 0 saturated heterocycles. The zero-order valence-electron chi connectivity index (χ0n) is 9.19. The highest BCUT2D eigenvalue weighted by molar-refractivity contribution is 6.31. The molecule has 0 aliphatic rings. The van der Waals surface area contributed by atoms with E-state index >= 15 is 0 Å². The van der Waals surface area contributed by atoms with E-state index in [2.05, 4.69) is 15.3 Å². The van der Waals surface area contributed by atoms with Gasteiger partial charge in [-0.25, -0.2) is 9.97 Å². The topological polar surface area (TPSA) is 37.8 Å². The first kappa shape index (κ1) is 12.1. The van der Waals surface area contributed by atoms with Gasteiger partial charge in [0.05, 0.1) is 6.04 Å². The molecule has 0 aliphatic heterocycles. The molecular formula is C12H11Cl2N3. The summed E-state index contributed by atoms with van der Waals surface area (Å²) in [6, 6.07) is 7.72. The van der Waals surface area contributed by atoms with Crippen LogP contribution in [-0.4, -0.2) is 9.97 Å². The van der Waals surface area contributed by atoms with Crippen molar-refractivity contribution in [2.45, 2.75) is 13.0 Å². The number of aromatic nitrogens is 2. The molecule has 1 aromatic heterocycles. The summed E-state index contributed by atoms with van der Waals surface area (Å²) in [5.41, 5.74) is 1.11. The molecule has 0 aliphatic carbocycles. The molecule has 1 N–H and O–H groups in total. The Morgan fingerprint density at radius 1 is 1.06 bits per heavy atom. The fourth-order valence-electron chi connectivity index (χ4n) is 1.46. The van der Waals surface area contributed by atoms with Crippen molar-refractivity contribution < 1.29 is 0 Å². The fraction of sp³-hybridized carbons (Fsp3) is 0.167. The van der Waals surface area contributed by atoms with Crippen LogP contribution in [-0.2, 0) is 0 Å². The Balaban J connectivity index is 2.14. The van der Waals surface area contributed by atoms with E-state index in [-0.39, 0.29) is 6.04 Å². The second-order valence-electron chi connectivity index (χ2n) is 3.61. The van der Waals surface area contributed by atoms with E-state index in [4.69, 9.17) is 23.2 Å². The minimum Gasteiger partial charge on any atom is -0.361 e. The molecule has 0 amide bonds. The second kappa shape index (κ2) is 5.34. The molecule has 17 heavy (non-hydrogen) atoms. The molecule has 0 radical (unpaired) electrons. The van der Waals surface area contributed by atoms with Crippen LogP contribution in [0, 0.1) is 0 Å². The highest BCUT2D eigenvalue weighted by atomic mass is 35.5. The molecule has 2 aromatic rings. The average molecular weight is 268 g/mol. The van der Waals surface area contributed by atoms with Crippen LogP contribution in [0.5, 0.6) is 0 Å². The molecule has 0 fully saturated rings. The number of nitrogens with zero attached hydrogens (tertiary/aromatic N) is 2. The van der Waals surface area contributed by atoms with E-state index in [9.17, 15) is 0 Å². The molecular weight excluding hydrogens is 257 g/mol. The van der Waals surface area contributed by atoms with Gasteiger partial charge < -0.3 is 5.32 Å². The number of rotatable bonds is 3. The quantitative estimate of drug-likeness (QED) is 0.915. The average Bonchev–Trinajstić information content (AvgIpc) is 2.33. The zero-order valence-corrected chi connectivity index (χ0v) is 10.7. The molecule has 1 atom stereocenters. The molecule has 0 saturated carbocycles. The van der Waals surface area contributed by atoms with Gasteiger partial charge in [0.2, 0.25) is 0 Å². The summed E-state index contributed by atoms with van der Waals surface area (Å²) in [5, 5.41) is 4.29. The van der Waals surface area contributed by atoms with Gasteiger partial charge in [-0.3, -0.25) is 0 Å². The minimum atomic E-state index is 0.0847.